The topological polar surface area (TPSA) is 91.0 Å². The van der Waals surface area contributed by atoms with Crippen molar-refractivity contribution in [3.8, 4) is 0 Å². The van der Waals surface area contributed by atoms with E-state index >= 15 is 0 Å². The van der Waals surface area contributed by atoms with Gasteiger partial charge in [0.05, 0.1) is 11.5 Å². The number of nitrogens with zero attached hydrogens (tertiary/aromatic N) is 3. The molecule has 2 fully saturated rings. The van der Waals surface area contributed by atoms with Crippen molar-refractivity contribution in [2.45, 2.75) is 38.1 Å². The van der Waals surface area contributed by atoms with Gasteiger partial charge in [-0.15, -0.1) is 0 Å². The third-order valence-corrected chi connectivity index (χ3v) is 5.28. The summed E-state index contributed by atoms with van der Waals surface area (Å²) in [5, 5.41) is 9.89. The van der Waals surface area contributed by atoms with Crippen LogP contribution in [-0.4, -0.2) is 33.5 Å². The van der Waals surface area contributed by atoms with Crippen LogP contribution in [0.2, 0.25) is 0 Å². The Bertz CT molecular complexity index is 780. The van der Waals surface area contributed by atoms with E-state index in [4.69, 9.17) is 0 Å². The zero-order valence-electron chi connectivity index (χ0n) is 14.2. The van der Waals surface area contributed by atoms with Gasteiger partial charge in [0.2, 0.25) is 11.8 Å². The number of aromatic amines is 1. The number of rotatable bonds is 4. The summed E-state index contributed by atoms with van der Waals surface area (Å²) in [6, 6.07) is 7.80. The molecule has 2 aliphatic rings. The smallest absolute Gasteiger partial charge is 0.227 e. The molecular weight excluding hydrogens is 318 g/mol. The average Bonchev–Trinajstić information content (AvgIpc) is 3.22. The second kappa shape index (κ2) is 5.98. The number of aryl methyl sites for hydroxylation is 1. The number of carbonyl (C=O) groups is 2. The SMILES string of the molecule is Cc1ccc(N2C[C@H](C(=O)NC3(c4ncn[nH]4)CCC3)CC2=O)cc1. The van der Waals surface area contributed by atoms with Crippen LogP contribution in [0.5, 0.6) is 0 Å². The number of H-pyrrole nitrogens is 1. The number of carbonyl (C=O) groups excluding carboxylic acids is 2. The normalized spacial score (nSPS) is 21.9. The first kappa shape index (κ1) is 15.8. The highest BCUT2D eigenvalue weighted by Gasteiger charge is 2.45. The van der Waals surface area contributed by atoms with E-state index in [1.54, 1.807) is 4.90 Å². The highest BCUT2D eigenvalue weighted by atomic mass is 16.2. The zero-order chi connectivity index (χ0) is 17.4. The van der Waals surface area contributed by atoms with Crippen LogP contribution >= 0.6 is 0 Å². The van der Waals surface area contributed by atoms with Gasteiger partial charge >= 0.3 is 0 Å². The van der Waals surface area contributed by atoms with Crippen molar-refractivity contribution >= 4 is 17.5 Å². The molecule has 2 N–H and O–H groups in total. The van der Waals surface area contributed by atoms with E-state index < -0.39 is 5.54 Å². The molecular formula is C18H21N5O2. The molecule has 1 aliphatic carbocycles. The number of nitrogens with one attached hydrogen (secondary N) is 2. The van der Waals surface area contributed by atoms with Gasteiger partial charge in [-0.25, -0.2) is 4.98 Å². The summed E-state index contributed by atoms with van der Waals surface area (Å²) in [6.45, 7) is 2.42. The standard InChI is InChI=1S/C18H21N5O2/c1-12-3-5-14(6-4-12)23-10-13(9-15(23)24)16(25)21-18(7-2-8-18)17-19-11-20-22-17/h3-6,11,13H,2,7-10H2,1H3,(H,21,25)(H,19,20,22)/t13-/m1/s1. The van der Waals surface area contributed by atoms with E-state index in [0.717, 1.165) is 30.5 Å². The van der Waals surface area contributed by atoms with Crippen molar-refractivity contribution in [1.82, 2.24) is 20.5 Å². The molecule has 2 amide bonds. The van der Waals surface area contributed by atoms with E-state index in [0.29, 0.717) is 12.4 Å². The van der Waals surface area contributed by atoms with Crippen molar-refractivity contribution < 1.29 is 9.59 Å². The zero-order valence-corrected chi connectivity index (χ0v) is 14.2. The summed E-state index contributed by atoms with van der Waals surface area (Å²) >= 11 is 0. The molecule has 0 bridgehead atoms. The number of hydrogen-bond acceptors (Lipinski definition) is 4. The molecule has 0 radical (unpaired) electrons. The molecule has 7 nitrogen and oxygen atoms in total. The van der Waals surface area contributed by atoms with Gasteiger partial charge in [0.1, 0.15) is 12.2 Å². The summed E-state index contributed by atoms with van der Waals surface area (Å²) in [5.41, 5.74) is 1.54. The molecule has 1 aromatic carbocycles. The molecule has 2 heterocycles. The van der Waals surface area contributed by atoms with Gasteiger partial charge in [0, 0.05) is 18.7 Å². The highest BCUT2D eigenvalue weighted by Crippen LogP contribution is 2.40. The summed E-state index contributed by atoms with van der Waals surface area (Å²) in [7, 11) is 0. The van der Waals surface area contributed by atoms with Crippen molar-refractivity contribution in [2.24, 2.45) is 5.92 Å². The molecule has 4 rings (SSSR count). The molecule has 1 saturated heterocycles. The van der Waals surface area contributed by atoms with Crippen LogP contribution in [-0.2, 0) is 15.1 Å². The van der Waals surface area contributed by atoms with Crippen LogP contribution in [0.3, 0.4) is 0 Å². The summed E-state index contributed by atoms with van der Waals surface area (Å²) in [4.78, 5) is 31.1. The Balaban J connectivity index is 1.46. The van der Waals surface area contributed by atoms with Gasteiger partial charge in [-0.05, 0) is 38.3 Å². The number of benzene rings is 1. The quantitative estimate of drug-likeness (QED) is 0.886. The summed E-state index contributed by atoms with van der Waals surface area (Å²) in [6.07, 6.45) is 4.43. The monoisotopic (exact) mass is 339 g/mol. The van der Waals surface area contributed by atoms with Crippen LogP contribution in [0.1, 0.15) is 37.1 Å². The Kier molecular flexibility index (Phi) is 3.78. The minimum atomic E-state index is -0.450. The van der Waals surface area contributed by atoms with Crippen molar-refractivity contribution in [3.05, 3.63) is 42.0 Å². The van der Waals surface area contributed by atoms with Crippen molar-refractivity contribution in [2.75, 3.05) is 11.4 Å². The van der Waals surface area contributed by atoms with E-state index in [1.165, 1.54) is 6.33 Å². The van der Waals surface area contributed by atoms with Crippen LogP contribution in [0.15, 0.2) is 30.6 Å². The molecule has 1 atom stereocenters. The van der Waals surface area contributed by atoms with Crippen molar-refractivity contribution in [3.63, 3.8) is 0 Å². The Labute approximate surface area is 145 Å². The third-order valence-electron chi connectivity index (χ3n) is 5.28. The molecule has 1 aromatic heterocycles. The van der Waals surface area contributed by atoms with Gasteiger partial charge in [-0.1, -0.05) is 17.7 Å². The molecule has 25 heavy (non-hydrogen) atoms. The Morgan fingerprint density at radius 1 is 1.32 bits per heavy atom. The van der Waals surface area contributed by atoms with E-state index in [9.17, 15) is 9.59 Å². The predicted octanol–water partition coefficient (Wildman–Crippen LogP) is 1.66. The minimum Gasteiger partial charge on any atom is -0.343 e. The number of hydrogen-bond donors (Lipinski definition) is 2. The first-order chi connectivity index (χ1) is 12.1. The fourth-order valence-electron chi connectivity index (χ4n) is 3.58. The van der Waals surface area contributed by atoms with E-state index in [1.807, 2.05) is 31.2 Å². The summed E-state index contributed by atoms with van der Waals surface area (Å²) in [5.74, 6) is 0.270. The number of amides is 2. The Hall–Kier alpha value is -2.70. The molecule has 1 saturated carbocycles. The minimum absolute atomic E-state index is 0.00803. The van der Waals surface area contributed by atoms with Crippen LogP contribution < -0.4 is 10.2 Å². The average molecular weight is 339 g/mol. The fraction of sp³-hybridized carbons (Fsp3) is 0.444. The second-order valence-electron chi connectivity index (χ2n) is 7.00. The number of aromatic nitrogens is 3. The van der Waals surface area contributed by atoms with Crippen molar-refractivity contribution in [1.29, 1.82) is 0 Å². The van der Waals surface area contributed by atoms with Crippen LogP contribution in [0, 0.1) is 12.8 Å². The lowest BCUT2D eigenvalue weighted by molar-refractivity contribution is -0.129. The van der Waals surface area contributed by atoms with Gasteiger partial charge in [0.25, 0.3) is 0 Å². The van der Waals surface area contributed by atoms with Gasteiger partial charge in [-0.3, -0.25) is 14.7 Å². The fourth-order valence-corrected chi connectivity index (χ4v) is 3.58. The lowest BCUT2D eigenvalue weighted by Crippen LogP contribution is -2.53. The third kappa shape index (κ3) is 2.79. The van der Waals surface area contributed by atoms with Crippen LogP contribution in [0.4, 0.5) is 5.69 Å². The maximum Gasteiger partial charge on any atom is 0.227 e. The molecule has 2 aromatic rings. The van der Waals surface area contributed by atoms with Gasteiger partial charge < -0.3 is 10.2 Å². The summed E-state index contributed by atoms with van der Waals surface area (Å²) < 4.78 is 0. The van der Waals surface area contributed by atoms with E-state index in [2.05, 4.69) is 20.5 Å². The second-order valence-corrected chi connectivity index (χ2v) is 7.00. The molecule has 1 aliphatic heterocycles. The number of anilines is 1. The first-order valence-corrected chi connectivity index (χ1v) is 8.62. The lowest BCUT2D eigenvalue weighted by atomic mass is 9.75. The molecule has 0 spiro atoms. The molecule has 0 unspecified atom stereocenters. The Morgan fingerprint density at radius 2 is 2.08 bits per heavy atom. The lowest BCUT2D eigenvalue weighted by Gasteiger charge is -2.41. The predicted molar refractivity (Wildman–Crippen MR) is 91.7 cm³/mol. The van der Waals surface area contributed by atoms with Gasteiger partial charge in [-0.2, -0.15) is 5.10 Å². The first-order valence-electron chi connectivity index (χ1n) is 8.62. The highest BCUT2D eigenvalue weighted by molar-refractivity contribution is 6.00. The largest absolute Gasteiger partial charge is 0.343 e. The Morgan fingerprint density at radius 3 is 2.68 bits per heavy atom. The molecule has 7 heteroatoms. The maximum absolute atomic E-state index is 12.8. The maximum atomic E-state index is 12.8. The van der Waals surface area contributed by atoms with E-state index in [-0.39, 0.29) is 24.2 Å². The molecule has 130 valence electrons. The van der Waals surface area contributed by atoms with Gasteiger partial charge in [0.15, 0.2) is 0 Å². The van der Waals surface area contributed by atoms with Crippen LogP contribution in [0.25, 0.3) is 0 Å².